The summed E-state index contributed by atoms with van der Waals surface area (Å²) in [6.45, 7) is 1.76. The first kappa shape index (κ1) is 12.3. The summed E-state index contributed by atoms with van der Waals surface area (Å²) in [4.78, 5) is 27.1. The predicted octanol–water partition coefficient (Wildman–Crippen LogP) is 1.34. The van der Waals surface area contributed by atoms with Crippen LogP contribution in [-0.2, 0) is 9.59 Å². The van der Waals surface area contributed by atoms with E-state index in [-0.39, 0.29) is 18.2 Å². The average Bonchev–Trinajstić information content (AvgIpc) is 2.78. The van der Waals surface area contributed by atoms with Crippen molar-refractivity contribution in [2.24, 2.45) is 5.10 Å². The summed E-state index contributed by atoms with van der Waals surface area (Å²) in [5.41, 5.74) is 4.55. The minimum Gasteiger partial charge on any atom is -0.441 e. The SMILES string of the molecule is Cc1nc2cc(NC(=O)C3=NNC(=O)CC3)ccc2o1. The molecule has 0 fully saturated rings. The zero-order valence-electron chi connectivity index (χ0n) is 10.8. The predicted molar refractivity (Wildman–Crippen MR) is 72.2 cm³/mol. The van der Waals surface area contributed by atoms with Crippen LogP contribution in [0.4, 0.5) is 5.69 Å². The molecule has 1 aliphatic rings. The summed E-state index contributed by atoms with van der Waals surface area (Å²) in [6.07, 6.45) is 0.608. The molecule has 0 bridgehead atoms. The van der Waals surface area contributed by atoms with Gasteiger partial charge >= 0.3 is 0 Å². The fourth-order valence-electron chi connectivity index (χ4n) is 1.96. The van der Waals surface area contributed by atoms with Gasteiger partial charge in [0.1, 0.15) is 11.2 Å². The number of carbonyl (C=O) groups is 2. The molecule has 2 heterocycles. The first-order valence-electron chi connectivity index (χ1n) is 6.16. The van der Waals surface area contributed by atoms with E-state index in [1.807, 2.05) is 0 Å². The molecule has 7 nitrogen and oxygen atoms in total. The summed E-state index contributed by atoms with van der Waals surface area (Å²) in [5, 5.41) is 6.47. The average molecular weight is 272 g/mol. The van der Waals surface area contributed by atoms with Gasteiger partial charge in [0.05, 0.1) is 0 Å². The van der Waals surface area contributed by atoms with Gasteiger partial charge in [-0.1, -0.05) is 0 Å². The second-order valence-electron chi connectivity index (χ2n) is 4.46. The lowest BCUT2D eigenvalue weighted by atomic mass is 10.1. The highest BCUT2D eigenvalue weighted by Gasteiger charge is 2.18. The Labute approximate surface area is 114 Å². The summed E-state index contributed by atoms with van der Waals surface area (Å²) >= 11 is 0. The molecule has 0 radical (unpaired) electrons. The number of amides is 2. The fourth-order valence-corrected chi connectivity index (χ4v) is 1.96. The van der Waals surface area contributed by atoms with Crippen molar-refractivity contribution in [1.29, 1.82) is 0 Å². The third kappa shape index (κ3) is 2.37. The number of aryl methyl sites for hydroxylation is 1. The monoisotopic (exact) mass is 272 g/mol. The van der Waals surface area contributed by atoms with Crippen LogP contribution >= 0.6 is 0 Å². The van der Waals surface area contributed by atoms with Crippen LogP contribution in [0, 0.1) is 6.92 Å². The molecule has 0 atom stereocenters. The van der Waals surface area contributed by atoms with Gasteiger partial charge in [0.2, 0.25) is 5.91 Å². The molecule has 0 aliphatic carbocycles. The maximum Gasteiger partial charge on any atom is 0.271 e. The molecular formula is C13H12N4O3. The van der Waals surface area contributed by atoms with E-state index in [4.69, 9.17) is 4.42 Å². The Balaban J connectivity index is 1.78. The van der Waals surface area contributed by atoms with Gasteiger partial charge in [0, 0.05) is 25.5 Å². The minimum absolute atomic E-state index is 0.180. The van der Waals surface area contributed by atoms with E-state index in [9.17, 15) is 9.59 Å². The van der Waals surface area contributed by atoms with Crippen LogP contribution in [0.25, 0.3) is 11.1 Å². The number of carbonyl (C=O) groups excluding carboxylic acids is 2. The van der Waals surface area contributed by atoms with Gasteiger partial charge in [-0.05, 0) is 18.2 Å². The molecule has 2 aromatic rings. The highest BCUT2D eigenvalue weighted by Crippen LogP contribution is 2.19. The highest BCUT2D eigenvalue weighted by molar-refractivity contribution is 6.43. The Hall–Kier alpha value is -2.70. The molecule has 0 spiro atoms. The van der Waals surface area contributed by atoms with Crippen molar-refractivity contribution in [3.8, 4) is 0 Å². The number of hydrazone groups is 1. The van der Waals surface area contributed by atoms with Gasteiger partial charge in [-0.15, -0.1) is 0 Å². The fraction of sp³-hybridized carbons (Fsp3) is 0.231. The van der Waals surface area contributed by atoms with Crippen molar-refractivity contribution in [1.82, 2.24) is 10.4 Å². The van der Waals surface area contributed by atoms with Crippen LogP contribution in [0.1, 0.15) is 18.7 Å². The van der Waals surface area contributed by atoms with Crippen molar-refractivity contribution in [2.75, 3.05) is 5.32 Å². The third-order valence-corrected chi connectivity index (χ3v) is 2.92. The third-order valence-electron chi connectivity index (χ3n) is 2.92. The van der Waals surface area contributed by atoms with Crippen LogP contribution in [-0.4, -0.2) is 22.5 Å². The first-order chi connectivity index (χ1) is 9.61. The standard InChI is InChI=1S/C13H12N4O3/c1-7-14-10-6-8(2-4-11(10)20-7)15-13(19)9-3-5-12(18)17-16-9/h2,4,6H,3,5H2,1H3,(H,15,19)(H,17,18). The summed E-state index contributed by atoms with van der Waals surface area (Å²) in [6, 6.07) is 5.20. The van der Waals surface area contributed by atoms with E-state index < -0.39 is 0 Å². The Morgan fingerprint density at radius 1 is 1.40 bits per heavy atom. The molecule has 1 aromatic heterocycles. The largest absolute Gasteiger partial charge is 0.441 e. The smallest absolute Gasteiger partial charge is 0.271 e. The van der Waals surface area contributed by atoms with Crippen molar-refractivity contribution < 1.29 is 14.0 Å². The van der Waals surface area contributed by atoms with E-state index in [1.54, 1.807) is 25.1 Å². The number of nitrogens with one attached hydrogen (secondary N) is 2. The lowest BCUT2D eigenvalue weighted by molar-refractivity contribution is -0.121. The lowest BCUT2D eigenvalue weighted by Gasteiger charge is -2.11. The normalized spacial score (nSPS) is 14.8. The van der Waals surface area contributed by atoms with Crippen molar-refractivity contribution in [3.05, 3.63) is 24.1 Å². The minimum atomic E-state index is -0.329. The van der Waals surface area contributed by atoms with Gasteiger partial charge in [0.25, 0.3) is 5.91 Å². The molecule has 7 heteroatoms. The Morgan fingerprint density at radius 3 is 3.00 bits per heavy atom. The van der Waals surface area contributed by atoms with Gasteiger partial charge in [-0.3, -0.25) is 9.59 Å². The summed E-state index contributed by atoms with van der Waals surface area (Å²) < 4.78 is 5.36. The summed E-state index contributed by atoms with van der Waals surface area (Å²) in [5.74, 6) is 0.0634. The quantitative estimate of drug-likeness (QED) is 0.862. The molecule has 1 aliphatic heterocycles. The molecular weight excluding hydrogens is 260 g/mol. The van der Waals surface area contributed by atoms with Crippen LogP contribution in [0.5, 0.6) is 0 Å². The number of oxazole rings is 1. The van der Waals surface area contributed by atoms with E-state index in [0.717, 1.165) is 0 Å². The maximum absolute atomic E-state index is 12.0. The topological polar surface area (TPSA) is 96.6 Å². The second-order valence-corrected chi connectivity index (χ2v) is 4.46. The lowest BCUT2D eigenvalue weighted by Crippen LogP contribution is -2.32. The zero-order valence-corrected chi connectivity index (χ0v) is 10.8. The van der Waals surface area contributed by atoms with Crippen LogP contribution in [0.2, 0.25) is 0 Å². The van der Waals surface area contributed by atoms with E-state index >= 15 is 0 Å². The molecule has 0 unspecified atom stereocenters. The molecule has 2 N–H and O–H groups in total. The van der Waals surface area contributed by atoms with Crippen molar-refractivity contribution >= 4 is 34.3 Å². The number of rotatable bonds is 2. The number of fused-ring (bicyclic) bond motifs is 1. The number of hydrogen-bond donors (Lipinski definition) is 2. The molecule has 0 saturated heterocycles. The highest BCUT2D eigenvalue weighted by atomic mass is 16.3. The van der Waals surface area contributed by atoms with Crippen molar-refractivity contribution in [2.45, 2.75) is 19.8 Å². The van der Waals surface area contributed by atoms with E-state index in [1.165, 1.54) is 0 Å². The van der Waals surface area contributed by atoms with Crippen molar-refractivity contribution in [3.63, 3.8) is 0 Å². The first-order valence-corrected chi connectivity index (χ1v) is 6.16. The molecule has 2 amide bonds. The Bertz CT molecular complexity index is 732. The molecule has 1 aromatic carbocycles. The zero-order chi connectivity index (χ0) is 14.1. The van der Waals surface area contributed by atoms with Gasteiger partial charge in [-0.25, -0.2) is 10.4 Å². The van der Waals surface area contributed by atoms with Gasteiger partial charge < -0.3 is 9.73 Å². The molecule has 102 valence electrons. The number of nitrogens with zero attached hydrogens (tertiary/aromatic N) is 2. The Morgan fingerprint density at radius 2 is 2.25 bits per heavy atom. The molecule has 20 heavy (non-hydrogen) atoms. The van der Waals surface area contributed by atoms with Gasteiger partial charge in [-0.2, -0.15) is 5.10 Å². The van der Waals surface area contributed by atoms with E-state index in [0.29, 0.717) is 34.8 Å². The second kappa shape index (κ2) is 4.76. The summed E-state index contributed by atoms with van der Waals surface area (Å²) in [7, 11) is 0. The van der Waals surface area contributed by atoms with Crippen LogP contribution < -0.4 is 10.7 Å². The number of aromatic nitrogens is 1. The molecule has 0 saturated carbocycles. The van der Waals surface area contributed by atoms with Crippen LogP contribution in [0.3, 0.4) is 0 Å². The van der Waals surface area contributed by atoms with E-state index in [2.05, 4.69) is 20.8 Å². The van der Waals surface area contributed by atoms with Crippen LogP contribution in [0.15, 0.2) is 27.7 Å². The number of anilines is 1. The Kier molecular flexibility index (Phi) is 2.94. The number of hydrogen-bond acceptors (Lipinski definition) is 5. The number of benzene rings is 1. The maximum atomic E-state index is 12.0. The molecule has 3 rings (SSSR count). The van der Waals surface area contributed by atoms with Gasteiger partial charge in [0.15, 0.2) is 11.5 Å².